The number of carbonyl (C=O) groups excluding carboxylic acids is 1. The molecule has 0 aromatic heterocycles. The van der Waals surface area contributed by atoms with Crippen LogP contribution in [0.3, 0.4) is 0 Å². The topological polar surface area (TPSA) is 50.8 Å². The Hall–Kier alpha value is -2.40. The molecule has 0 atom stereocenters. The number of halogens is 1. The Morgan fingerprint density at radius 2 is 2.00 bits per heavy atom. The summed E-state index contributed by atoms with van der Waals surface area (Å²) in [6, 6.07) is 11.1. The van der Waals surface area contributed by atoms with Gasteiger partial charge >= 0.3 is 0 Å². The number of nitrogens with zero attached hydrogens (tertiary/aromatic N) is 1. The SMILES string of the molecule is CCN(NC(=O)c1cc(Cl)c2c(c1)OCO2)c1ccc(C)cc1. The predicted molar refractivity (Wildman–Crippen MR) is 89.2 cm³/mol. The summed E-state index contributed by atoms with van der Waals surface area (Å²) in [4.78, 5) is 12.5. The number of hydrazine groups is 1. The van der Waals surface area contributed by atoms with E-state index in [1.807, 2.05) is 38.1 Å². The number of aryl methyl sites for hydroxylation is 1. The fourth-order valence-corrected chi connectivity index (χ4v) is 2.60. The van der Waals surface area contributed by atoms with Crippen LogP contribution in [-0.2, 0) is 0 Å². The van der Waals surface area contributed by atoms with Gasteiger partial charge in [0.15, 0.2) is 11.5 Å². The summed E-state index contributed by atoms with van der Waals surface area (Å²) in [7, 11) is 0. The second-order valence-corrected chi connectivity index (χ2v) is 5.62. The van der Waals surface area contributed by atoms with Crippen molar-refractivity contribution in [2.45, 2.75) is 13.8 Å². The third-order valence-corrected chi connectivity index (χ3v) is 3.87. The molecule has 1 aliphatic rings. The van der Waals surface area contributed by atoms with Crippen molar-refractivity contribution >= 4 is 23.2 Å². The molecule has 0 unspecified atom stereocenters. The number of fused-ring (bicyclic) bond motifs is 1. The van der Waals surface area contributed by atoms with Crippen molar-refractivity contribution in [2.24, 2.45) is 0 Å². The monoisotopic (exact) mass is 332 g/mol. The molecule has 2 aromatic rings. The molecule has 1 amide bonds. The second-order valence-electron chi connectivity index (χ2n) is 5.21. The van der Waals surface area contributed by atoms with Crippen LogP contribution < -0.4 is 19.9 Å². The Morgan fingerprint density at radius 1 is 1.26 bits per heavy atom. The highest BCUT2D eigenvalue weighted by atomic mass is 35.5. The van der Waals surface area contributed by atoms with Crippen LogP contribution in [0.15, 0.2) is 36.4 Å². The molecule has 23 heavy (non-hydrogen) atoms. The van der Waals surface area contributed by atoms with Gasteiger partial charge in [-0.15, -0.1) is 0 Å². The third-order valence-electron chi connectivity index (χ3n) is 3.59. The van der Waals surface area contributed by atoms with Crippen LogP contribution >= 0.6 is 11.6 Å². The van der Waals surface area contributed by atoms with Crippen LogP contribution in [0.25, 0.3) is 0 Å². The van der Waals surface area contributed by atoms with Gasteiger partial charge in [0, 0.05) is 12.1 Å². The minimum absolute atomic E-state index is 0.116. The van der Waals surface area contributed by atoms with Crippen molar-refractivity contribution in [1.29, 1.82) is 0 Å². The number of ether oxygens (including phenoxy) is 2. The van der Waals surface area contributed by atoms with Crippen molar-refractivity contribution in [2.75, 3.05) is 18.3 Å². The van der Waals surface area contributed by atoms with Crippen LogP contribution in [0.1, 0.15) is 22.8 Å². The molecule has 0 spiro atoms. The minimum atomic E-state index is -0.257. The van der Waals surface area contributed by atoms with E-state index in [-0.39, 0.29) is 12.7 Å². The van der Waals surface area contributed by atoms with E-state index in [1.54, 1.807) is 17.1 Å². The van der Waals surface area contributed by atoms with Crippen LogP contribution in [-0.4, -0.2) is 19.2 Å². The van der Waals surface area contributed by atoms with Gasteiger partial charge in [0.2, 0.25) is 6.79 Å². The molecule has 0 saturated heterocycles. The summed E-state index contributed by atoms with van der Waals surface area (Å²) in [5, 5.41) is 2.14. The first kappa shape index (κ1) is 15.5. The lowest BCUT2D eigenvalue weighted by molar-refractivity contribution is 0.0949. The Morgan fingerprint density at radius 3 is 2.70 bits per heavy atom. The first-order valence-corrected chi connectivity index (χ1v) is 7.70. The lowest BCUT2D eigenvalue weighted by Gasteiger charge is -2.24. The van der Waals surface area contributed by atoms with Crippen molar-refractivity contribution < 1.29 is 14.3 Å². The number of carbonyl (C=O) groups is 1. The van der Waals surface area contributed by atoms with Gasteiger partial charge in [-0.05, 0) is 38.1 Å². The van der Waals surface area contributed by atoms with E-state index >= 15 is 0 Å². The maximum Gasteiger partial charge on any atom is 0.269 e. The zero-order valence-electron chi connectivity index (χ0n) is 12.9. The van der Waals surface area contributed by atoms with Gasteiger partial charge < -0.3 is 9.47 Å². The van der Waals surface area contributed by atoms with Crippen LogP contribution in [0, 0.1) is 6.92 Å². The summed E-state index contributed by atoms with van der Waals surface area (Å²) in [6.07, 6.45) is 0. The van der Waals surface area contributed by atoms with Crippen molar-refractivity contribution in [3.63, 3.8) is 0 Å². The van der Waals surface area contributed by atoms with Gasteiger partial charge in [0.1, 0.15) is 0 Å². The number of hydrogen-bond acceptors (Lipinski definition) is 4. The molecular formula is C17H17ClN2O3. The second kappa shape index (κ2) is 6.38. The van der Waals surface area contributed by atoms with Crippen molar-refractivity contribution in [3.05, 3.63) is 52.5 Å². The lowest BCUT2D eigenvalue weighted by atomic mass is 10.2. The van der Waals surface area contributed by atoms with Crippen LogP contribution in [0.2, 0.25) is 5.02 Å². The number of rotatable bonds is 4. The molecule has 1 N–H and O–H groups in total. The highest BCUT2D eigenvalue weighted by Crippen LogP contribution is 2.39. The first-order chi connectivity index (χ1) is 11.1. The molecule has 5 nitrogen and oxygen atoms in total. The zero-order valence-corrected chi connectivity index (χ0v) is 13.7. The molecule has 1 aliphatic heterocycles. The number of amides is 1. The normalized spacial score (nSPS) is 12.1. The van der Waals surface area contributed by atoms with E-state index < -0.39 is 0 Å². The standard InChI is InChI=1S/C17H17ClN2O3/c1-3-20(13-6-4-11(2)5-7-13)19-17(21)12-8-14(18)16-15(9-12)22-10-23-16/h4-9H,3,10H2,1-2H3,(H,19,21). The average molecular weight is 333 g/mol. The molecule has 3 rings (SSSR count). The average Bonchev–Trinajstić information content (AvgIpc) is 3.02. The van der Waals surface area contributed by atoms with E-state index in [0.29, 0.717) is 28.6 Å². The van der Waals surface area contributed by atoms with Gasteiger partial charge in [0.05, 0.1) is 10.7 Å². The Bertz CT molecular complexity index is 731. The summed E-state index contributed by atoms with van der Waals surface area (Å²) in [5.41, 5.74) is 5.38. The Labute approximate surface area is 139 Å². The molecular weight excluding hydrogens is 316 g/mol. The summed E-state index contributed by atoms with van der Waals surface area (Å²) < 4.78 is 10.5. The number of benzene rings is 2. The first-order valence-electron chi connectivity index (χ1n) is 7.33. The summed E-state index contributed by atoms with van der Waals surface area (Å²) in [6.45, 7) is 4.73. The van der Waals surface area contributed by atoms with E-state index in [4.69, 9.17) is 21.1 Å². The van der Waals surface area contributed by atoms with E-state index in [2.05, 4.69) is 5.43 Å². The van der Waals surface area contributed by atoms with Crippen LogP contribution in [0.4, 0.5) is 5.69 Å². The summed E-state index contributed by atoms with van der Waals surface area (Å²) >= 11 is 6.13. The maximum atomic E-state index is 12.5. The number of nitrogens with one attached hydrogen (secondary N) is 1. The third kappa shape index (κ3) is 3.19. The van der Waals surface area contributed by atoms with Gasteiger partial charge in [-0.1, -0.05) is 29.3 Å². The highest BCUT2D eigenvalue weighted by molar-refractivity contribution is 6.32. The van der Waals surface area contributed by atoms with Gasteiger partial charge in [0.25, 0.3) is 5.91 Å². The Balaban J connectivity index is 1.80. The molecule has 6 heteroatoms. The maximum absolute atomic E-state index is 12.5. The van der Waals surface area contributed by atoms with Gasteiger partial charge in [-0.25, -0.2) is 0 Å². The summed E-state index contributed by atoms with van der Waals surface area (Å²) in [5.74, 6) is 0.711. The molecule has 0 saturated carbocycles. The zero-order chi connectivity index (χ0) is 16.4. The number of hydrogen-bond donors (Lipinski definition) is 1. The quantitative estimate of drug-likeness (QED) is 0.870. The molecule has 0 fully saturated rings. The van der Waals surface area contributed by atoms with Crippen molar-refractivity contribution in [1.82, 2.24) is 5.43 Å². The number of anilines is 1. The Kier molecular flexibility index (Phi) is 4.30. The highest BCUT2D eigenvalue weighted by Gasteiger charge is 2.21. The van der Waals surface area contributed by atoms with Crippen LogP contribution in [0.5, 0.6) is 11.5 Å². The van der Waals surface area contributed by atoms with E-state index in [9.17, 15) is 4.79 Å². The molecule has 1 heterocycles. The molecule has 2 aromatic carbocycles. The molecule has 120 valence electrons. The van der Waals surface area contributed by atoms with Gasteiger partial charge in [-0.3, -0.25) is 15.2 Å². The van der Waals surface area contributed by atoms with Gasteiger partial charge in [-0.2, -0.15) is 0 Å². The smallest absolute Gasteiger partial charge is 0.269 e. The van der Waals surface area contributed by atoms with E-state index in [0.717, 1.165) is 5.69 Å². The minimum Gasteiger partial charge on any atom is -0.454 e. The van der Waals surface area contributed by atoms with Crippen molar-refractivity contribution in [3.8, 4) is 11.5 Å². The van der Waals surface area contributed by atoms with E-state index in [1.165, 1.54) is 5.56 Å². The molecule has 0 aliphatic carbocycles. The molecule has 0 bridgehead atoms. The largest absolute Gasteiger partial charge is 0.454 e. The fourth-order valence-electron chi connectivity index (χ4n) is 2.34. The fraction of sp³-hybridized carbons (Fsp3) is 0.235. The predicted octanol–water partition coefficient (Wildman–Crippen LogP) is 3.55. The lowest BCUT2D eigenvalue weighted by Crippen LogP contribution is -2.42. The molecule has 0 radical (unpaired) electrons.